The van der Waals surface area contributed by atoms with Crippen molar-refractivity contribution in [1.82, 2.24) is 0 Å². The number of aryl methyl sites for hydroxylation is 1. The zero-order chi connectivity index (χ0) is 9.90. The molecule has 1 aromatic carbocycles. The van der Waals surface area contributed by atoms with E-state index < -0.39 is 9.84 Å². The molecule has 0 heterocycles. The van der Waals surface area contributed by atoms with Gasteiger partial charge in [-0.3, -0.25) is 0 Å². The Labute approximate surface area is 78.1 Å². The predicted octanol–water partition coefficient (Wildman–Crippen LogP) is 2.07. The van der Waals surface area contributed by atoms with Crippen LogP contribution in [0.1, 0.15) is 5.56 Å². The van der Waals surface area contributed by atoms with Crippen molar-refractivity contribution in [2.45, 2.75) is 11.8 Å². The fourth-order valence-electron chi connectivity index (χ4n) is 0.906. The van der Waals surface area contributed by atoms with Crippen LogP contribution in [-0.2, 0) is 9.84 Å². The highest BCUT2D eigenvalue weighted by molar-refractivity contribution is 7.94. The van der Waals surface area contributed by atoms with Gasteiger partial charge in [-0.2, -0.15) is 0 Å². The van der Waals surface area contributed by atoms with Gasteiger partial charge in [-0.15, -0.1) is 5.73 Å². The van der Waals surface area contributed by atoms with E-state index in [0.717, 1.165) is 11.0 Å². The lowest BCUT2D eigenvalue weighted by Crippen LogP contribution is -1.94. The van der Waals surface area contributed by atoms with Crippen LogP contribution in [0.5, 0.6) is 0 Å². The molecule has 13 heavy (non-hydrogen) atoms. The van der Waals surface area contributed by atoms with E-state index in [-0.39, 0.29) is 4.90 Å². The Bertz CT molecular complexity index is 434. The first-order valence-electron chi connectivity index (χ1n) is 3.74. The summed E-state index contributed by atoms with van der Waals surface area (Å²) >= 11 is 0. The van der Waals surface area contributed by atoms with Crippen molar-refractivity contribution in [2.24, 2.45) is 0 Å². The summed E-state index contributed by atoms with van der Waals surface area (Å²) in [6.45, 7) is 5.13. The van der Waals surface area contributed by atoms with Crippen LogP contribution in [0.3, 0.4) is 0 Å². The number of hydrogen-bond acceptors (Lipinski definition) is 2. The molecule has 2 nitrogen and oxygen atoms in total. The monoisotopic (exact) mass is 194 g/mol. The summed E-state index contributed by atoms with van der Waals surface area (Å²) in [6.07, 6.45) is 0. The van der Waals surface area contributed by atoms with Gasteiger partial charge in [0.05, 0.1) is 10.3 Å². The van der Waals surface area contributed by atoms with Gasteiger partial charge in [-0.1, -0.05) is 24.3 Å². The summed E-state index contributed by atoms with van der Waals surface area (Å²) in [6, 6.07) is 6.64. The molecule has 0 fully saturated rings. The average Bonchev–Trinajstić information content (AvgIpc) is 2.05. The number of benzene rings is 1. The third-order valence-electron chi connectivity index (χ3n) is 1.59. The molecule has 0 aliphatic rings. The maximum atomic E-state index is 11.4. The van der Waals surface area contributed by atoms with Crippen LogP contribution in [0.15, 0.2) is 46.9 Å². The van der Waals surface area contributed by atoms with Gasteiger partial charge in [0.25, 0.3) is 0 Å². The molecule has 0 atom stereocenters. The standard InChI is InChI=1S/C10H10O2S/c1-3-8-13(11,12)10-6-4-9(2)5-7-10/h4-8H,1H2,2H3. The first-order valence-corrected chi connectivity index (χ1v) is 5.28. The highest BCUT2D eigenvalue weighted by Gasteiger charge is 2.08. The van der Waals surface area contributed by atoms with Crippen LogP contribution in [0.2, 0.25) is 0 Å². The lowest BCUT2D eigenvalue weighted by molar-refractivity contribution is 0.604. The molecule has 1 rings (SSSR count). The van der Waals surface area contributed by atoms with Crippen LogP contribution in [0.4, 0.5) is 0 Å². The first-order chi connectivity index (χ1) is 6.06. The molecule has 0 saturated carbocycles. The zero-order valence-electron chi connectivity index (χ0n) is 7.32. The summed E-state index contributed by atoms with van der Waals surface area (Å²) in [5, 5.41) is 0.970. The second kappa shape index (κ2) is 3.60. The van der Waals surface area contributed by atoms with Gasteiger partial charge in [-0.25, -0.2) is 8.42 Å². The van der Waals surface area contributed by atoms with Crippen LogP contribution < -0.4 is 0 Å². The first kappa shape index (κ1) is 9.78. The summed E-state index contributed by atoms with van der Waals surface area (Å²) in [5.41, 5.74) is 3.29. The maximum absolute atomic E-state index is 11.4. The molecule has 0 aromatic heterocycles. The molecular weight excluding hydrogens is 184 g/mol. The van der Waals surface area contributed by atoms with Gasteiger partial charge >= 0.3 is 0 Å². The van der Waals surface area contributed by atoms with Crippen molar-refractivity contribution < 1.29 is 8.42 Å². The van der Waals surface area contributed by atoms with Gasteiger partial charge < -0.3 is 0 Å². The topological polar surface area (TPSA) is 34.1 Å². The van der Waals surface area contributed by atoms with Crippen molar-refractivity contribution in [3.63, 3.8) is 0 Å². The minimum absolute atomic E-state index is 0.272. The van der Waals surface area contributed by atoms with Gasteiger partial charge in [0.1, 0.15) is 0 Å². The van der Waals surface area contributed by atoms with Crippen molar-refractivity contribution >= 4 is 9.84 Å². The number of hydrogen-bond donors (Lipinski definition) is 0. The third kappa shape index (κ3) is 2.31. The summed E-state index contributed by atoms with van der Waals surface area (Å²) in [7, 11) is -3.33. The summed E-state index contributed by atoms with van der Waals surface area (Å²) < 4.78 is 22.8. The fraction of sp³-hybridized carbons (Fsp3) is 0.100. The van der Waals surface area contributed by atoms with Crippen molar-refractivity contribution in [3.05, 3.63) is 47.5 Å². The third-order valence-corrected chi connectivity index (χ3v) is 2.99. The number of rotatable bonds is 2. The molecule has 1 aromatic rings. The zero-order valence-corrected chi connectivity index (χ0v) is 8.14. The Morgan fingerprint density at radius 1 is 1.31 bits per heavy atom. The van der Waals surface area contributed by atoms with Crippen LogP contribution in [0.25, 0.3) is 0 Å². The van der Waals surface area contributed by atoms with E-state index in [1.165, 1.54) is 0 Å². The molecule has 68 valence electrons. The lowest BCUT2D eigenvalue weighted by Gasteiger charge is -1.97. The molecule has 0 unspecified atom stereocenters. The van der Waals surface area contributed by atoms with E-state index >= 15 is 0 Å². The molecular formula is C10H10O2S. The summed E-state index contributed by atoms with van der Waals surface area (Å²) in [4.78, 5) is 0.272. The minimum atomic E-state index is -3.33. The smallest absolute Gasteiger partial charge is 0.207 e. The van der Waals surface area contributed by atoms with Crippen molar-refractivity contribution in [3.8, 4) is 0 Å². The molecule has 0 amide bonds. The van der Waals surface area contributed by atoms with E-state index in [0.29, 0.717) is 0 Å². The second-order valence-corrected chi connectivity index (χ2v) is 4.48. The molecule has 0 aliphatic heterocycles. The minimum Gasteiger partial charge on any atom is -0.218 e. The highest BCUT2D eigenvalue weighted by atomic mass is 32.2. The van der Waals surface area contributed by atoms with Crippen LogP contribution >= 0.6 is 0 Å². The molecule has 0 spiro atoms. The molecule has 0 radical (unpaired) electrons. The number of sulfone groups is 1. The Hall–Kier alpha value is -1.31. The highest BCUT2D eigenvalue weighted by Crippen LogP contribution is 2.12. The van der Waals surface area contributed by atoms with E-state index in [4.69, 9.17) is 0 Å². The SMILES string of the molecule is C=C=CS(=O)(=O)c1ccc(C)cc1. The Balaban J connectivity index is 3.24. The molecule has 0 N–H and O–H groups in total. The van der Waals surface area contributed by atoms with Crippen molar-refractivity contribution in [2.75, 3.05) is 0 Å². The van der Waals surface area contributed by atoms with Gasteiger partial charge in [0.15, 0.2) is 0 Å². The van der Waals surface area contributed by atoms with E-state index in [2.05, 4.69) is 12.3 Å². The molecule has 3 heteroatoms. The molecule has 0 bridgehead atoms. The Morgan fingerprint density at radius 3 is 2.31 bits per heavy atom. The Kier molecular flexibility index (Phi) is 2.71. The van der Waals surface area contributed by atoms with Gasteiger partial charge in [0, 0.05) is 0 Å². The van der Waals surface area contributed by atoms with Crippen molar-refractivity contribution in [1.29, 1.82) is 0 Å². The summed E-state index contributed by atoms with van der Waals surface area (Å²) in [5.74, 6) is 0. The maximum Gasteiger partial charge on any atom is 0.207 e. The predicted molar refractivity (Wildman–Crippen MR) is 52.1 cm³/mol. The lowest BCUT2D eigenvalue weighted by atomic mass is 10.2. The van der Waals surface area contributed by atoms with E-state index in [1.807, 2.05) is 6.92 Å². The fourth-order valence-corrected chi connectivity index (χ4v) is 1.78. The second-order valence-electron chi connectivity index (χ2n) is 2.68. The Morgan fingerprint density at radius 2 is 1.85 bits per heavy atom. The van der Waals surface area contributed by atoms with Gasteiger partial charge in [0.2, 0.25) is 9.84 Å². The molecule has 0 saturated heterocycles. The average molecular weight is 194 g/mol. The largest absolute Gasteiger partial charge is 0.218 e. The normalized spacial score (nSPS) is 10.5. The van der Waals surface area contributed by atoms with Gasteiger partial charge in [-0.05, 0) is 19.1 Å². The quantitative estimate of drug-likeness (QED) is 0.675. The molecule has 0 aliphatic carbocycles. The van der Waals surface area contributed by atoms with E-state index in [9.17, 15) is 8.42 Å². The van der Waals surface area contributed by atoms with E-state index in [1.54, 1.807) is 24.3 Å². The van der Waals surface area contributed by atoms with Crippen LogP contribution in [-0.4, -0.2) is 8.42 Å². The van der Waals surface area contributed by atoms with Crippen LogP contribution in [0, 0.1) is 6.92 Å².